The van der Waals surface area contributed by atoms with Crippen LogP contribution in [0.3, 0.4) is 0 Å². The number of benzene rings is 3. The molecular formula is C29H26N4O5. The van der Waals surface area contributed by atoms with Crippen molar-refractivity contribution in [3.63, 3.8) is 0 Å². The summed E-state index contributed by atoms with van der Waals surface area (Å²) < 4.78 is 12.8. The summed E-state index contributed by atoms with van der Waals surface area (Å²) in [5, 5.41) is 30.9. The highest BCUT2D eigenvalue weighted by atomic mass is 16.6. The lowest BCUT2D eigenvalue weighted by molar-refractivity contribution is 0.137. The van der Waals surface area contributed by atoms with E-state index in [0.29, 0.717) is 18.2 Å². The number of hydrogen-bond donors (Lipinski definition) is 3. The molecule has 0 spiro atoms. The van der Waals surface area contributed by atoms with Gasteiger partial charge >= 0.3 is 11.8 Å². The van der Waals surface area contributed by atoms with E-state index in [2.05, 4.69) is 58.8 Å². The molecule has 3 N–H and O–H groups in total. The number of rotatable bonds is 6. The molecule has 3 aromatic carbocycles. The Balaban J connectivity index is 0.000000689. The second-order valence-electron chi connectivity index (χ2n) is 9.07. The smallest absolute Gasteiger partial charge is 0.450 e. The lowest BCUT2D eigenvalue weighted by atomic mass is 9.99. The first kappa shape index (κ1) is 24.8. The molecule has 0 radical (unpaired) electrons. The second kappa shape index (κ2) is 10.6. The quantitative estimate of drug-likeness (QED) is 0.240. The molecule has 0 atom stereocenters. The van der Waals surface area contributed by atoms with Gasteiger partial charge in [-0.05, 0) is 54.5 Å². The molecule has 2 heterocycles. The summed E-state index contributed by atoms with van der Waals surface area (Å²) in [6.07, 6.45) is 0.795. The maximum Gasteiger partial charge on any atom is 0.503 e. The molecule has 9 heteroatoms. The number of carboxylic acid groups (broad SMARTS) is 2. The van der Waals surface area contributed by atoms with Gasteiger partial charge in [-0.3, -0.25) is 0 Å². The van der Waals surface area contributed by atoms with Crippen LogP contribution in [-0.4, -0.2) is 31.3 Å². The average Bonchev–Trinajstić information content (AvgIpc) is 3.62. The fourth-order valence-electron chi connectivity index (χ4n) is 4.25. The van der Waals surface area contributed by atoms with Gasteiger partial charge in [-0.25, -0.2) is 14.9 Å². The number of nitrogens with zero attached hydrogens (tertiary/aromatic N) is 3. The molecule has 192 valence electrons. The zero-order chi connectivity index (χ0) is 26.6. The van der Waals surface area contributed by atoms with Crippen LogP contribution in [0.2, 0.25) is 0 Å². The molecule has 9 nitrogen and oxygen atoms in total. The van der Waals surface area contributed by atoms with Crippen molar-refractivity contribution < 1.29 is 23.9 Å². The van der Waals surface area contributed by atoms with Gasteiger partial charge in [0.1, 0.15) is 0 Å². The van der Waals surface area contributed by atoms with Gasteiger partial charge in [-0.2, -0.15) is 0 Å². The molecule has 38 heavy (non-hydrogen) atoms. The van der Waals surface area contributed by atoms with Crippen LogP contribution in [-0.2, 0) is 6.54 Å². The Kier molecular flexibility index (Phi) is 6.90. The van der Waals surface area contributed by atoms with Crippen molar-refractivity contribution >= 4 is 6.16 Å². The highest BCUT2D eigenvalue weighted by Gasteiger charge is 2.23. The second-order valence-corrected chi connectivity index (χ2v) is 9.07. The fourth-order valence-corrected chi connectivity index (χ4v) is 4.25. The van der Waals surface area contributed by atoms with Crippen molar-refractivity contribution in [1.82, 2.24) is 14.9 Å². The monoisotopic (exact) mass is 510 g/mol. The molecule has 0 aliphatic heterocycles. The molecule has 1 saturated carbocycles. The number of aryl methyl sites for hydroxylation is 1. The van der Waals surface area contributed by atoms with Gasteiger partial charge in [0.2, 0.25) is 5.89 Å². The minimum Gasteiger partial charge on any atom is -0.450 e. The number of aromatic nitrogens is 3. The summed E-state index contributed by atoms with van der Waals surface area (Å²) >= 11 is 0. The number of hydrogen-bond acceptors (Lipinski definition) is 6. The highest BCUT2D eigenvalue weighted by molar-refractivity contribution is 5.70. The first-order valence-electron chi connectivity index (χ1n) is 12.1. The summed E-state index contributed by atoms with van der Waals surface area (Å²) in [5.41, 5.74) is 7.21. The van der Waals surface area contributed by atoms with Gasteiger partial charge < -0.3 is 19.2 Å². The van der Waals surface area contributed by atoms with Crippen molar-refractivity contribution in [2.24, 2.45) is 0 Å². The van der Waals surface area contributed by atoms with Crippen LogP contribution < -0.4 is 5.68 Å². The number of nitrogens with one attached hydrogen (secondary N) is 1. The van der Waals surface area contributed by atoms with E-state index in [1.807, 2.05) is 37.3 Å². The Morgan fingerprint density at radius 1 is 0.921 bits per heavy atom. The third kappa shape index (κ3) is 5.57. The lowest BCUT2D eigenvalue weighted by Crippen LogP contribution is -2.17. The molecule has 0 bridgehead atoms. The van der Waals surface area contributed by atoms with Crippen molar-refractivity contribution in [3.05, 3.63) is 101 Å². The van der Waals surface area contributed by atoms with Crippen LogP contribution in [0.4, 0.5) is 4.79 Å². The Morgan fingerprint density at radius 3 is 2.11 bits per heavy atom. The Hall–Kier alpha value is -4.92. The Morgan fingerprint density at radius 2 is 1.50 bits per heavy atom. The van der Waals surface area contributed by atoms with E-state index in [1.54, 1.807) is 0 Å². The van der Waals surface area contributed by atoms with Gasteiger partial charge in [0.15, 0.2) is 5.76 Å². The normalized spacial score (nSPS) is 12.6. The van der Waals surface area contributed by atoms with Crippen LogP contribution >= 0.6 is 0 Å². The highest BCUT2D eigenvalue weighted by Crippen LogP contribution is 2.40. The summed E-state index contributed by atoms with van der Waals surface area (Å²) in [7, 11) is 0. The molecule has 0 amide bonds. The summed E-state index contributed by atoms with van der Waals surface area (Å²) in [6.45, 7) is 2.24. The SMILES string of the molecule is Cc1noc(-c2ccc(-c3ccc(C4CC4)cc3)cc2)c1Cn1nc(-c2ccccc2)oc1=N.O=C(O)O. The van der Waals surface area contributed by atoms with Crippen molar-refractivity contribution in [2.45, 2.75) is 32.2 Å². The molecule has 1 aliphatic carbocycles. The van der Waals surface area contributed by atoms with E-state index in [-0.39, 0.29) is 5.68 Å². The van der Waals surface area contributed by atoms with Gasteiger partial charge in [0, 0.05) is 16.7 Å². The molecule has 2 aromatic heterocycles. The van der Waals surface area contributed by atoms with Crippen LogP contribution in [0.15, 0.2) is 87.8 Å². The summed E-state index contributed by atoms with van der Waals surface area (Å²) in [4.78, 5) is 8.56. The van der Waals surface area contributed by atoms with Crippen molar-refractivity contribution in [1.29, 1.82) is 5.41 Å². The molecule has 0 saturated heterocycles. The van der Waals surface area contributed by atoms with E-state index >= 15 is 0 Å². The lowest BCUT2D eigenvalue weighted by Gasteiger charge is -2.06. The van der Waals surface area contributed by atoms with Crippen molar-refractivity contribution in [3.8, 4) is 33.9 Å². The van der Waals surface area contributed by atoms with Gasteiger partial charge in [0.05, 0.1) is 12.2 Å². The third-order valence-electron chi connectivity index (χ3n) is 6.39. The van der Waals surface area contributed by atoms with Crippen LogP contribution in [0.5, 0.6) is 0 Å². The molecule has 1 aliphatic rings. The van der Waals surface area contributed by atoms with Crippen LogP contribution in [0, 0.1) is 12.3 Å². The van der Waals surface area contributed by atoms with E-state index in [0.717, 1.165) is 33.9 Å². The van der Waals surface area contributed by atoms with Crippen LogP contribution in [0.25, 0.3) is 33.9 Å². The minimum absolute atomic E-state index is 0.0182. The van der Waals surface area contributed by atoms with E-state index in [1.165, 1.54) is 28.7 Å². The topological polar surface area (TPSA) is 138 Å². The molecule has 1 fully saturated rings. The molecule has 6 rings (SSSR count). The van der Waals surface area contributed by atoms with Gasteiger partial charge in [-0.1, -0.05) is 71.9 Å². The maximum absolute atomic E-state index is 8.56. The molecule has 0 unspecified atom stereocenters. The first-order chi connectivity index (χ1) is 18.4. The van der Waals surface area contributed by atoms with Crippen molar-refractivity contribution in [2.75, 3.05) is 0 Å². The maximum atomic E-state index is 8.56. The molecule has 5 aromatic rings. The predicted octanol–water partition coefficient (Wildman–Crippen LogP) is 6.40. The average molecular weight is 511 g/mol. The van der Waals surface area contributed by atoms with E-state index < -0.39 is 6.16 Å². The summed E-state index contributed by atoms with van der Waals surface area (Å²) in [5.74, 6) is 1.86. The van der Waals surface area contributed by atoms with E-state index in [9.17, 15) is 0 Å². The zero-order valence-electron chi connectivity index (χ0n) is 20.7. The van der Waals surface area contributed by atoms with Gasteiger partial charge in [0.25, 0.3) is 0 Å². The Bertz CT molecular complexity index is 1590. The predicted molar refractivity (Wildman–Crippen MR) is 140 cm³/mol. The molecular weight excluding hydrogens is 484 g/mol. The number of carbonyl (C=O) groups is 1. The largest absolute Gasteiger partial charge is 0.503 e. The summed E-state index contributed by atoms with van der Waals surface area (Å²) in [6, 6.07) is 26.8. The fraction of sp³-hybridized carbons (Fsp3) is 0.172. The van der Waals surface area contributed by atoms with Gasteiger partial charge in [-0.15, -0.1) is 5.10 Å². The van der Waals surface area contributed by atoms with Crippen LogP contribution in [0.1, 0.15) is 35.6 Å². The third-order valence-corrected chi connectivity index (χ3v) is 6.39. The minimum atomic E-state index is -1.83. The zero-order valence-corrected chi connectivity index (χ0v) is 20.7. The first-order valence-corrected chi connectivity index (χ1v) is 12.1. The Labute approximate surface area is 218 Å². The van der Waals surface area contributed by atoms with E-state index in [4.69, 9.17) is 29.4 Å². The standard InChI is InChI=1S/C28H24N4O2.CH2O3/c1-18-25(17-32-28(29)33-27(30-32)24-5-3-2-4-6-24)26(34-31-18)23-15-13-22(14-16-23)21-11-9-20(10-12-21)19-7-8-19;2-1(3)4/h2-6,9-16,19,29H,7-8,17H2,1H3;(H2,2,3,4).